The molecule has 0 amide bonds. The molecule has 0 aromatic carbocycles. The third kappa shape index (κ3) is 2.16. The number of aryl methyl sites for hydroxylation is 1. The van der Waals surface area contributed by atoms with E-state index in [2.05, 4.69) is 23.7 Å². The van der Waals surface area contributed by atoms with Crippen LogP contribution in [-0.4, -0.2) is 18.1 Å². The van der Waals surface area contributed by atoms with E-state index in [1.54, 1.807) is 11.3 Å². The summed E-state index contributed by atoms with van der Waals surface area (Å²) in [5.41, 5.74) is 7.20. The SMILES string of the molecule is Cc1nc(N2CCC(C)(C)C2)sc1CN. The van der Waals surface area contributed by atoms with Crippen LogP contribution in [-0.2, 0) is 6.54 Å². The van der Waals surface area contributed by atoms with E-state index >= 15 is 0 Å². The molecule has 1 aliphatic heterocycles. The minimum Gasteiger partial charge on any atom is -0.348 e. The zero-order valence-electron chi connectivity index (χ0n) is 9.71. The van der Waals surface area contributed by atoms with Crippen LogP contribution in [0.3, 0.4) is 0 Å². The molecule has 0 aliphatic carbocycles. The first-order chi connectivity index (χ1) is 7.02. The quantitative estimate of drug-likeness (QED) is 0.838. The van der Waals surface area contributed by atoms with Crippen molar-refractivity contribution in [3.63, 3.8) is 0 Å². The van der Waals surface area contributed by atoms with Crippen molar-refractivity contribution in [2.24, 2.45) is 11.1 Å². The van der Waals surface area contributed by atoms with Gasteiger partial charge in [-0.1, -0.05) is 13.8 Å². The highest BCUT2D eigenvalue weighted by Crippen LogP contribution is 2.35. The molecule has 3 nitrogen and oxygen atoms in total. The van der Waals surface area contributed by atoms with Gasteiger partial charge in [0.05, 0.1) is 5.69 Å². The molecule has 0 spiro atoms. The molecule has 1 aliphatic rings. The van der Waals surface area contributed by atoms with Crippen molar-refractivity contribution in [3.8, 4) is 0 Å². The largest absolute Gasteiger partial charge is 0.348 e. The summed E-state index contributed by atoms with van der Waals surface area (Å²) in [6.07, 6.45) is 1.25. The van der Waals surface area contributed by atoms with Gasteiger partial charge in [0.2, 0.25) is 0 Å². The van der Waals surface area contributed by atoms with Crippen molar-refractivity contribution >= 4 is 16.5 Å². The fourth-order valence-electron chi connectivity index (χ4n) is 2.01. The molecular weight excluding hydrogens is 206 g/mol. The van der Waals surface area contributed by atoms with Gasteiger partial charge in [0.15, 0.2) is 5.13 Å². The minimum absolute atomic E-state index is 0.433. The van der Waals surface area contributed by atoms with Crippen LogP contribution in [0.2, 0.25) is 0 Å². The number of anilines is 1. The minimum atomic E-state index is 0.433. The topological polar surface area (TPSA) is 42.2 Å². The van der Waals surface area contributed by atoms with Crippen molar-refractivity contribution in [2.75, 3.05) is 18.0 Å². The van der Waals surface area contributed by atoms with Gasteiger partial charge in [-0.05, 0) is 18.8 Å². The van der Waals surface area contributed by atoms with Crippen LogP contribution in [0.5, 0.6) is 0 Å². The standard InChI is InChI=1S/C11H19N3S/c1-8-9(6-12)15-10(13-8)14-5-4-11(2,3)7-14/h4-7,12H2,1-3H3. The van der Waals surface area contributed by atoms with Crippen LogP contribution < -0.4 is 10.6 Å². The van der Waals surface area contributed by atoms with Crippen molar-refractivity contribution in [2.45, 2.75) is 33.7 Å². The number of nitrogens with two attached hydrogens (primary N) is 1. The summed E-state index contributed by atoms with van der Waals surface area (Å²) in [6, 6.07) is 0. The Morgan fingerprint density at radius 1 is 1.53 bits per heavy atom. The summed E-state index contributed by atoms with van der Waals surface area (Å²) >= 11 is 1.75. The normalized spacial score (nSPS) is 19.9. The van der Waals surface area contributed by atoms with Crippen LogP contribution >= 0.6 is 11.3 Å². The predicted octanol–water partition coefficient (Wildman–Crippen LogP) is 2.15. The average molecular weight is 225 g/mol. The van der Waals surface area contributed by atoms with E-state index in [1.165, 1.54) is 11.3 Å². The highest BCUT2D eigenvalue weighted by Gasteiger charge is 2.30. The van der Waals surface area contributed by atoms with Crippen molar-refractivity contribution in [1.29, 1.82) is 0 Å². The Morgan fingerprint density at radius 2 is 2.27 bits per heavy atom. The Morgan fingerprint density at radius 3 is 2.73 bits per heavy atom. The smallest absolute Gasteiger partial charge is 0.185 e. The summed E-state index contributed by atoms with van der Waals surface area (Å²) in [5, 5.41) is 1.15. The predicted molar refractivity (Wildman–Crippen MR) is 65.4 cm³/mol. The second kappa shape index (κ2) is 3.76. The zero-order chi connectivity index (χ0) is 11.1. The zero-order valence-corrected chi connectivity index (χ0v) is 10.5. The van der Waals surface area contributed by atoms with E-state index < -0.39 is 0 Å². The van der Waals surface area contributed by atoms with Gasteiger partial charge in [0, 0.05) is 24.5 Å². The lowest BCUT2D eigenvalue weighted by atomic mass is 9.93. The number of hydrogen-bond acceptors (Lipinski definition) is 4. The highest BCUT2D eigenvalue weighted by atomic mass is 32.1. The first-order valence-electron chi connectivity index (χ1n) is 5.43. The van der Waals surface area contributed by atoms with Crippen LogP contribution in [0, 0.1) is 12.3 Å². The summed E-state index contributed by atoms with van der Waals surface area (Å²) in [6.45, 7) is 9.53. The van der Waals surface area contributed by atoms with E-state index in [0.29, 0.717) is 12.0 Å². The molecule has 1 saturated heterocycles. The van der Waals surface area contributed by atoms with Crippen molar-refractivity contribution in [1.82, 2.24) is 4.98 Å². The van der Waals surface area contributed by atoms with Gasteiger partial charge in [-0.25, -0.2) is 4.98 Å². The number of hydrogen-bond donors (Lipinski definition) is 1. The molecule has 2 N–H and O–H groups in total. The molecule has 15 heavy (non-hydrogen) atoms. The third-order valence-electron chi connectivity index (χ3n) is 3.01. The van der Waals surface area contributed by atoms with Crippen LogP contribution in [0.15, 0.2) is 0 Å². The lowest BCUT2D eigenvalue weighted by Gasteiger charge is -2.18. The Hall–Kier alpha value is -0.610. The monoisotopic (exact) mass is 225 g/mol. The van der Waals surface area contributed by atoms with Gasteiger partial charge in [0.25, 0.3) is 0 Å². The Balaban J connectivity index is 2.17. The van der Waals surface area contributed by atoms with Crippen LogP contribution in [0.25, 0.3) is 0 Å². The van der Waals surface area contributed by atoms with E-state index in [4.69, 9.17) is 5.73 Å². The second-order valence-electron chi connectivity index (χ2n) is 5.04. The van der Waals surface area contributed by atoms with Crippen molar-refractivity contribution < 1.29 is 0 Å². The number of rotatable bonds is 2. The Bertz CT molecular complexity index is 357. The van der Waals surface area contributed by atoms with E-state index in [1.807, 2.05) is 6.92 Å². The number of aromatic nitrogens is 1. The molecule has 0 unspecified atom stereocenters. The number of thiazole rings is 1. The maximum Gasteiger partial charge on any atom is 0.185 e. The lowest BCUT2D eigenvalue weighted by molar-refractivity contribution is 0.418. The molecule has 2 heterocycles. The van der Waals surface area contributed by atoms with Crippen molar-refractivity contribution in [3.05, 3.63) is 10.6 Å². The van der Waals surface area contributed by atoms with E-state index in [0.717, 1.165) is 23.9 Å². The first-order valence-corrected chi connectivity index (χ1v) is 6.25. The Kier molecular flexibility index (Phi) is 2.73. The molecule has 0 bridgehead atoms. The molecule has 0 saturated carbocycles. The highest BCUT2D eigenvalue weighted by molar-refractivity contribution is 7.15. The molecule has 0 atom stereocenters. The third-order valence-corrected chi connectivity index (χ3v) is 4.26. The van der Waals surface area contributed by atoms with Gasteiger partial charge in [-0.15, -0.1) is 11.3 Å². The number of nitrogens with zero attached hydrogens (tertiary/aromatic N) is 2. The molecule has 4 heteroatoms. The summed E-state index contributed by atoms with van der Waals surface area (Å²) in [4.78, 5) is 8.20. The maximum absolute atomic E-state index is 5.67. The molecular formula is C11H19N3S. The van der Waals surface area contributed by atoms with Gasteiger partial charge in [-0.2, -0.15) is 0 Å². The van der Waals surface area contributed by atoms with E-state index in [9.17, 15) is 0 Å². The molecule has 1 aromatic heterocycles. The molecule has 0 radical (unpaired) electrons. The average Bonchev–Trinajstić information content (AvgIpc) is 2.69. The van der Waals surface area contributed by atoms with Gasteiger partial charge in [0.1, 0.15) is 0 Å². The van der Waals surface area contributed by atoms with Crippen LogP contribution in [0.1, 0.15) is 30.8 Å². The van der Waals surface area contributed by atoms with Gasteiger partial charge < -0.3 is 10.6 Å². The summed E-state index contributed by atoms with van der Waals surface area (Å²) in [7, 11) is 0. The summed E-state index contributed by atoms with van der Waals surface area (Å²) in [5.74, 6) is 0. The molecule has 84 valence electrons. The second-order valence-corrected chi connectivity index (χ2v) is 6.11. The molecule has 1 fully saturated rings. The first kappa shape index (κ1) is 10.9. The van der Waals surface area contributed by atoms with Crippen LogP contribution in [0.4, 0.5) is 5.13 Å². The Labute approximate surface area is 95.3 Å². The molecule has 2 rings (SSSR count). The fourth-order valence-corrected chi connectivity index (χ4v) is 2.98. The lowest BCUT2D eigenvalue weighted by Crippen LogP contribution is -2.22. The maximum atomic E-state index is 5.67. The fraction of sp³-hybridized carbons (Fsp3) is 0.727. The van der Waals surface area contributed by atoms with Gasteiger partial charge in [-0.3, -0.25) is 0 Å². The van der Waals surface area contributed by atoms with Gasteiger partial charge >= 0.3 is 0 Å². The molecule has 1 aromatic rings. The van der Waals surface area contributed by atoms with E-state index in [-0.39, 0.29) is 0 Å². The summed E-state index contributed by atoms with van der Waals surface area (Å²) < 4.78 is 0.